The van der Waals surface area contributed by atoms with E-state index < -0.39 is 0 Å². The summed E-state index contributed by atoms with van der Waals surface area (Å²) in [5.41, 5.74) is 9.49. The van der Waals surface area contributed by atoms with Crippen LogP contribution in [-0.4, -0.2) is 9.38 Å². The van der Waals surface area contributed by atoms with Gasteiger partial charge in [0, 0.05) is 22.2 Å². The number of benzene rings is 4. The Morgan fingerprint density at radius 3 is 2.28 bits per heavy atom. The fourth-order valence-corrected chi connectivity index (χ4v) is 5.63. The van der Waals surface area contributed by atoms with Crippen LogP contribution in [0.25, 0.3) is 60.4 Å². The average Bonchev–Trinajstić information content (AvgIpc) is 3.29. The largest absolute Gasteiger partial charge is 0.302 e. The molecule has 0 amide bonds. The zero-order valence-electron chi connectivity index (χ0n) is 18.3. The number of para-hydroxylation sites is 2. The number of hydrogen-bond donors (Lipinski definition) is 0. The van der Waals surface area contributed by atoms with Gasteiger partial charge in [-0.1, -0.05) is 60.7 Å². The van der Waals surface area contributed by atoms with E-state index in [1.807, 2.05) is 0 Å². The van der Waals surface area contributed by atoms with Crippen molar-refractivity contribution in [1.29, 1.82) is 0 Å². The van der Waals surface area contributed by atoms with Gasteiger partial charge >= 0.3 is 0 Å². The van der Waals surface area contributed by atoms with Crippen LogP contribution in [0, 0.1) is 13.8 Å². The normalized spacial score (nSPS) is 12.2. The summed E-state index contributed by atoms with van der Waals surface area (Å²) < 4.78 is 4.78. The number of aryl methyl sites for hydroxylation is 3. The van der Waals surface area contributed by atoms with E-state index in [1.54, 1.807) is 0 Å². The lowest BCUT2D eigenvalue weighted by Gasteiger charge is -2.09. The minimum atomic E-state index is 1.03. The van der Waals surface area contributed by atoms with Crippen molar-refractivity contribution in [3.05, 3.63) is 90.1 Å². The fraction of sp³-hybridized carbons (Fsp3) is 0.103. The summed E-state index contributed by atoms with van der Waals surface area (Å²) in [5.74, 6) is 0. The predicted molar refractivity (Wildman–Crippen MR) is 132 cm³/mol. The molecule has 0 spiro atoms. The van der Waals surface area contributed by atoms with Crippen LogP contribution in [0.15, 0.2) is 78.9 Å². The van der Waals surface area contributed by atoms with E-state index in [-0.39, 0.29) is 0 Å². The zero-order chi connectivity index (χ0) is 21.6. The molecule has 152 valence electrons. The van der Waals surface area contributed by atoms with Gasteiger partial charge in [0.15, 0.2) is 0 Å². The summed E-state index contributed by atoms with van der Waals surface area (Å²) in [6.07, 6.45) is 0. The maximum Gasteiger partial charge on any atom is 0.251 e. The molecule has 0 aliphatic rings. The van der Waals surface area contributed by atoms with Crippen LogP contribution in [0.5, 0.6) is 0 Å². The molecule has 7 aromatic rings. The maximum atomic E-state index is 5.09. The lowest BCUT2D eigenvalue weighted by Crippen LogP contribution is -2.34. The van der Waals surface area contributed by atoms with E-state index in [4.69, 9.17) is 4.98 Å². The van der Waals surface area contributed by atoms with Gasteiger partial charge in [0.25, 0.3) is 5.69 Å². The van der Waals surface area contributed by atoms with Crippen LogP contribution in [0.2, 0.25) is 0 Å². The van der Waals surface area contributed by atoms with Crippen LogP contribution in [0.1, 0.15) is 11.3 Å². The lowest BCUT2D eigenvalue weighted by atomic mass is 10.0. The quantitative estimate of drug-likeness (QED) is 0.223. The van der Waals surface area contributed by atoms with E-state index in [0.717, 1.165) is 16.7 Å². The standard InChI is InChI=1S/C29H22N3/c1-17-21-12-8-13-23-22-11-6-7-14-25(22)32(29(21)23)27(17)28-18(2)30-24-15-19-9-4-5-10-20(19)16-26(24)31(28)3/h4-16H,1-3H3/q+1. The minimum absolute atomic E-state index is 1.03. The van der Waals surface area contributed by atoms with Crippen molar-refractivity contribution in [1.82, 2.24) is 9.38 Å². The van der Waals surface area contributed by atoms with E-state index >= 15 is 0 Å². The minimum Gasteiger partial charge on any atom is -0.302 e. The van der Waals surface area contributed by atoms with Crippen molar-refractivity contribution in [2.24, 2.45) is 7.05 Å². The number of fused-ring (bicyclic) bond motifs is 5. The molecular formula is C29H22N3+. The van der Waals surface area contributed by atoms with Crippen LogP contribution < -0.4 is 4.57 Å². The van der Waals surface area contributed by atoms with Crippen LogP contribution >= 0.6 is 0 Å². The Morgan fingerprint density at radius 1 is 0.750 bits per heavy atom. The third kappa shape index (κ3) is 2.10. The van der Waals surface area contributed by atoms with Crippen molar-refractivity contribution < 1.29 is 4.57 Å². The molecule has 7 rings (SSSR count). The SMILES string of the molecule is Cc1nc2cc3ccccc3cc2[n+](C)c1-c1c(C)c2cccc3c4ccccc4n1c23. The summed E-state index contributed by atoms with van der Waals surface area (Å²) in [6, 6.07) is 28.4. The molecule has 0 aliphatic carbocycles. The third-order valence-corrected chi connectivity index (χ3v) is 7.07. The summed E-state index contributed by atoms with van der Waals surface area (Å²) in [5, 5.41) is 6.39. The third-order valence-electron chi connectivity index (χ3n) is 7.07. The van der Waals surface area contributed by atoms with Gasteiger partial charge in [0.05, 0.1) is 11.0 Å². The number of hydrogen-bond acceptors (Lipinski definition) is 1. The number of rotatable bonds is 1. The first-order chi connectivity index (χ1) is 15.6. The van der Waals surface area contributed by atoms with E-state index in [2.05, 4.69) is 109 Å². The fourth-order valence-electron chi connectivity index (χ4n) is 5.63. The van der Waals surface area contributed by atoms with E-state index in [9.17, 15) is 0 Å². The van der Waals surface area contributed by atoms with Crippen molar-refractivity contribution in [2.75, 3.05) is 0 Å². The molecule has 0 bridgehead atoms. The molecular weight excluding hydrogens is 390 g/mol. The monoisotopic (exact) mass is 412 g/mol. The molecule has 0 atom stereocenters. The topological polar surface area (TPSA) is 21.2 Å². The zero-order valence-corrected chi connectivity index (χ0v) is 18.3. The van der Waals surface area contributed by atoms with Gasteiger partial charge in [-0.25, -0.2) is 4.98 Å². The van der Waals surface area contributed by atoms with E-state index in [1.165, 1.54) is 54.9 Å². The lowest BCUT2D eigenvalue weighted by molar-refractivity contribution is -0.634. The van der Waals surface area contributed by atoms with Crippen molar-refractivity contribution >= 4 is 49.0 Å². The molecule has 0 radical (unpaired) electrons. The summed E-state index contributed by atoms with van der Waals surface area (Å²) in [4.78, 5) is 5.09. The highest BCUT2D eigenvalue weighted by molar-refractivity contribution is 6.17. The Morgan fingerprint density at radius 2 is 1.44 bits per heavy atom. The molecule has 3 heteroatoms. The summed E-state index contributed by atoms with van der Waals surface area (Å²) in [7, 11) is 2.17. The van der Waals surface area contributed by atoms with Gasteiger partial charge in [-0.05, 0) is 42.3 Å². The molecule has 0 N–H and O–H groups in total. The van der Waals surface area contributed by atoms with Crippen LogP contribution in [0.3, 0.4) is 0 Å². The van der Waals surface area contributed by atoms with Gasteiger partial charge in [-0.3, -0.25) is 0 Å². The smallest absolute Gasteiger partial charge is 0.251 e. The first kappa shape index (κ1) is 17.7. The van der Waals surface area contributed by atoms with Crippen LogP contribution in [0.4, 0.5) is 0 Å². The van der Waals surface area contributed by atoms with Gasteiger partial charge in [0.1, 0.15) is 24.0 Å². The van der Waals surface area contributed by atoms with Gasteiger partial charge in [-0.15, -0.1) is 0 Å². The van der Waals surface area contributed by atoms with Crippen molar-refractivity contribution in [3.63, 3.8) is 0 Å². The molecule has 3 aromatic heterocycles. The van der Waals surface area contributed by atoms with Crippen molar-refractivity contribution in [2.45, 2.75) is 13.8 Å². The van der Waals surface area contributed by atoms with E-state index in [0.29, 0.717) is 0 Å². The molecule has 4 aromatic carbocycles. The molecule has 0 unspecified atom stereocenters. The first-order valence-corrected chi connectivity index (χ1v) is 11.1. The molecule has 3 heterocycles. The van der Waals surface area contributed by atoms with Gasteiger partial charge in [0.2, 0.25) is 5.52 Å². The Kier molecular flexibility index (Phi) is 3.34. The Balaban J connectivity index is 1.68. The molecule has 0 fully saturated rings. The van der Waals surface area contributed by atoms with Gasteiger partial charge < -0.3 is 4.40 Å². The number of nitrogens with zero attached hydrogens (tertiary/aromatic N) is 3. The first-order valence-electron chi connectivity index (χ1n) is 11.1. The van der Waals surface area contributed by atoms with Crippen LogP contribution in [-0.2, 0) is 7.05 Å². The molecule has 0 saturated carbocycles. The highest BCUT2D eigenvalue weighted by Crippen LogP contribution is 2.41. The number of aromatic nitrogens is 3. The second kappa shape index (κ2) is 6.04. The van der Waals surface area contributed by atoms with Gasteiger partial charge in [-0.2, -0.15) is 4.57 Å². The average molecular weight is 413 g/mol. The Hall–Kier alpha value is -3.98. The highest BCUT2D eigenvalue weighted by atomic mass is 15.0. The maximum absolute atomic E-state index is 5.09. The van der Waals surface area contributed by atoms with Crippen molar-refractivity contribution in [3.8, 4) is 11.4 Å². The Bertz CT molecular complexity index is 1860. The highest BCUT2D eigenvalue weighted by Gasteiger charge is 2.28. The summed E-state index contributed by atoms with van der Waals surface area (Å²) in [6.45, 7) is 4.38. The second-order valence-corrected chi connectivity index (χ2v) is 8.82. The summed E-state index contributed by atoms with van der Waals surface area (Å²) >= 11 is 0. The Labute approximate surface area is 185 Å². The molecule has 0 aliphatic heterocycles. The predicted octanol–water partition coefficient (Wildman–Crippen LogP) is 6.49. The second-order valence-electron chi connectivity index (χ2n) is 8.82. The molecule has 32 heavy (non-hydrogen) atoms. The molecule has 3 nitrogen and oxygen atoms in total. The molecule has 0 saturated heterocycles.